The summed E-state index contributed by atoms with van der Waals surface area (Å²) in [5, 5.41) is 0. The molecule has 0 heterocycles. The topological polar surface area (TPSA) is 9.23 Å². The first kappa shape index (κ1) is 12.9. The third-order valence-corrected chi connectivity index (χ3v) is 5.03. The monoisotopic (exact) mass is 296 g/mol. The first-order valence-corrected chi connectivity index (χ1v) is 7.38. The maximum Gasteiger partial charge on any atom is 0.122 e. The van der Waals surface area contributed by atoms with Crippen LogP contribution in [0.4, 0.5) is 0 Å². The molecule has 3 unspecified atom stereocenters. The van der Waals surface area contributed by atoms with E-state index in [0.29, 0.717) is 4.83 Å². The Balaban J connectivity index is 2.08. The van der Waals surface area contributed by atoms with Crippen molar-refractivity contribution in [3.05, 3.63) is 29.8 Å². The van der Waals surface area contributed by atoms with Crippen molar-refractivity contribution in [2.24, 2.45) is 11.8 Å². The van der Waals surface area contributed by atoms with Gasteiger partial charge in [0.25, 0.3) is 0 Å². The van der Waals surface area contributed by atoms with Crippen LogP contribution in [-0.4, -0.2) is 11.9 Å². The summed E-state index contributed by atoms with van der Waals surface area (Å²) in [5.74, 6) is 2.64. The van der Waals surface area contributed by atoms with E-state index in [1.165, 1.54) is 24.8 Å². The minimum atomic E-state index is 0.670. The van der Waals surface area contributed by atoms with Gasteiger partial charge in [-0.05, 0) is 49.1 Å². The van der Waals surface area contributed by atoms with Crippen molar-refractivity contribution in [3.63, 3.8) is 0 Å². The fourth-order valence-electron chi connectivity index (χ4n) is 2.83. The van der Waals surface area contributed by atoms with Gasteiger partial charge in [0.2, 0.25) is 0 Å². The van der Waals surface area contributed by atoms with Crippen molar-refractivity contribution in [2.75, 3.05) is 7.11 Å². The van der Waals surface area contributed by atoms with E-state index >= 15 is 0 Å². The second kappa shape index (κ2) is 5.90. The average Bonchev–Trinajstić information content (AvgIpc) is 2.34. The minimum Gasteiger partial charge on any atom is -0.496 e. The lowest BCUT2D eigenvalue weighted by molar-refractivity contribution is 0.291. The van der Waals surface area contributed by atoms with Gasteiger partial charge in [-0.2, -0.15) is 0 Å². The Morgan fingerprint density at radius 2 is 2.06 bits per heavy atom. The SMILES string of the molecule is COc1ccccc1CC1CC(C)CCC1Br. The van der Waals surface area contributed by atoms with Gasteiger partial charge in [-0.3, -0.25) is 0 Å². The van der Waals surface area contributed by atoms with E-state index in [0.717, 1.165) is 24.0 Å². The fraction of sp³-hybridized carbons (Fsp3) is 0.600. The van der Waals surface area contributed by atoms with Crippen LogP contribution in [0.3, 0.4) is 0 Å². The summed E-state index contributed by atoms with van der Waals surface area (Å²) < 4.78 is 5.43. The maximum absolute atomic E-state index is 5.43. The number of hydrogen-bond donors (Lipinski definition) is 0. The van der Waals surface area contributed by atoms with E-state index in [2.05, 4.69) is 41.1 Å². The quantitative estimate of drug-likeness (QED) is 0.750. The maximum atomic E-state index is 5.43. The van der Waals surface area contributed by atoms with Crippen LogP contribution in [0.15, 0.2) is 24.3 Å². The number of alkyl halides is 1. The van der Waals surface area contributed by atoms with Crippen LogP contribution in [0.1, 0.15) is 31.7 Å². The molecule has 0 radical (unpaired) electrons. The molecule has 1 aromatic carbocycles. The fourth-order valence-corrected chi connectivity index (χ4v) is 3.49. The Labute approximate surface area is 113 Å². The number of para-hydroxylation sites is 1. The average molecular weight is 297 g/mol. The van der Waals surface area contributed by atoms with Crippen LogP contribution in [0, 0.1) is 11.8 Å². The number of benzene rings is 1. The minimum absolute atomic E-state index is 0.670. The number of ether oxygens (including phenoxy) is 1. The molecule has 2 heteroatoms. The zero-order valence-electron chi connectivity index (χ0n) is 10.7. The first-order chi connectivity index (χ1) is 8.20. The van der Waals surface area contributed by atoms with Crippen molar-refractivity contribution in [1.82, 2.24) is 0 Å². The molecular formula is C15H21BrO. The molecule has 0 aromatic heterocycles. The molecule has 17 heavy (non-hydrogen) atoms. The Kier molecular flexibility index (Phi) is 4.49. The zero-order chi connectivity index (χ0) is 12.3. The summed E-state index contributed by atoms with van der Waals surface area (Å²) in [6, 6.07) is 8.40. The highest BCUT2D eigenvalue weighted by atomic mass is 79.9. The first-order valence-electron chi connectivity index (χ1n) is 6.46. The van der Waals surface area contributed by atoms with Crippen LogP contribution in [0.5, 0.6) is 5.75 Å². The van der Waals surface area contributed by atoms with Gasteiger partial charge in [0.15, 0.2) is 0 Å². The predicted molar refractivity (Wildman–Crippen MR) is 75.9 cm³/mol. The number of hydrogen-bond acceptors (Lipinski definition) is 1. The lowest BCUT2D eigenvalue weighted by atomic mass is 9.79. The van der Waals surface area contributed by atoms with Crippen LogP contribution in [0.25, 0.3) is 0 Å². The highest BCUT2D eigenvalue weighted by molar-refractivity contribution is 9.09. The van der Waals surface area contributed by atoms with Gasteiger partial charge in [-0.15, -0.1) is 0 Å². The molecule has 1 fully saturated rings. The Morgan fingerprint density at radius 1 is 1.29 bits per heavy atom. The van der Waals surface area contributed by atoms with E-state index in [1.54, 1.807) is 7.11 Å². The summed E-state index contributed by atoms with van der Waals surface area (Å²) in [6.07, 6.45) is 5.12. The zero-order valence-corrected chi connectivity index (χ0v) is 12.2. The highest BCUT2D eigenvalue weighted by Crippen LogP contribution is 2.36. The summed E-state index contributed by atoms with van der Waals surface area (Å²) in [4.78, 5) is 0.670. The normalized spacial score (nSPS) is 29.0. The van der Waals surface area contributed by atoms with Gasteiger partial charge >= 0.3 is 0 Å². The van der Waals surface area contributed by atoms with Crippen LogP contribution in [-0.2, 0) is 6.42 Å². The second-order valence-corrected chi connectivity index (χ2v) is 6.39. The summed E-state index contributed by atoms with van der Waals surface area (Å²) >= 11 is 3.85. The molecule has 0 spiro atoms. The van der Waals surface area contributed by atoms with Crippen molar-refractivity contribution >= 4 is 15.9 Å². The molecule has 0 bridgehead atoms. The Hall–Kier alpha value is -0.500. The molecule has 0 aliphatic heterocycles. The van der Waals surface area contributed by atoms with Crippen molar-refractivity contribution in [2.45, 2.75) is 37.4 Å². The van der Waals surface area contributed by atoms with Gasteiger partial charge in [-0.1, -0.05) is 41.1 Å². The molecule has 1 saturated carbocycles. The van der Waals surface area contributed by atoms with E-state index < -0.39 is 0 Å². The molecule has 1 aliphatic rings. The molecule has 3 atom stereocenters. The highest BCUT2D eigenvalue weighted by Gasteiger charge is 2.27. The molecular weight excluding hydrogens is 276 g/mol. The van der Waals surface area contributed by atoms with Gasteiger partial charge in [0.05, 0.1) is 7.11 Å². The molecule has 0 N–H and O–H groups in total. The number of methoxy groups -OCH3 is 1. The Bertz CT molecular complexity index is 364. The standard InChI is InChI=1S/C15H21BrO/c1-11-7-8-14(16)13(9-11)10-12-5-3-4-6-15(12)17-2/h3-6,11,13-14H,7-10H2,1-2H3. The number of halogens is 1. The van der Waals surface area contributed by atoms with E-state index in [4.69, 9.17) is 4.74 Å². The van der Waals surface area contributed by atoms with Gasteiger partial charge in [0, 0.05) is 4.83 Å². The van der Waals surface area contributed by atoms with Crippen LogP contribution >= 0.6 is 15.9 Å². The van der Waals surface area contributed by atoms with Gasteiger partial charge < -0.3 is 4.74 Å². The van der Waals surface area contributed by atoms with E-state index in [1.807, 2.05) is 6.07 Å². The van der Waals surface area contributed by atoms with Crippen LogP contribution in [0.2, 0.25) is 0 Å². The van der Waals surface area contributed by atoms with Crippen molar-refractivity contribution in [3.8, 4) is 5.75 Å². The van der Waals surface area contributed by atoms with E-state index in [-0.39, 0.29) is 0 Å². The smallest absolute Gasteiger partial charge is 0.122 e. The van der Waals surface area contributed by atoms with Gasteiger partial charge in [-0.25, -0.2) is 0 Å². The predicted octanol–water partition coefficient (Wildman–Crippen LogP) is 4.44. The molecule has 1 aromatic rings. The van der Waals surface area contributed by atoms with Crippen molar-refractivity contribution < 1.29 is 4.74 Å². The molecule has 0 saturated heterocycles. The third-order valence-electron chi connectivity index (χ3n) is 3.83. The van der Waals surface area contributed by atoms with Gasteiger partial charge in [0.1, 0.15) is 5.75 Å². The summed E-state index contributed by atoms with van der Waals surface area (Å²) in [6.45, 7) is 2.37. The van der Waals surface area contributed by atoms with Crippen molar-refractivity contribution in [1.29, 1.82) is 0 Å². The largest absolute Gasteiger partial charge is 0.496 e. The van der Waals surface area contributed by atoms with Crippen LogP contribution < -0.4 is 4.74 Å². The van der Waals surface area contributed by atoms with E-state index in [9.17, 15) is 0 Å². The molecule has 94 valence electrons. The third kappa shape index (κ3) is 3.25. The lowest BCUT2D eigenvalue weighted by Crippen LogP contribution is -2.25. The molecule has 1 aliphatic carbocycles. The lowest BCUT2D eigenvalue weighted by Gasteiger charge is -2.31. The summed E-state index contributed by atoms with van der Waals surface area (Å²) in [7, 11) is 1.76. The molecule has 0 amide bonds. The molecule has 2 rings (SSSR count). The Morgan fingerprint density at radius 3 is 2.82 bits per heavy atom. The summed E-state index contributed by atoms with van der Waals surface area (Å²) in [5.41, 5.74) is 1.35. The number of rotatable bonds is 3. The second-order valence-electron chi connectivity index (χ2n) is 5.21. The molecule has 1 nitrogen and oxygen atoms in total.